The van der Waals surface area contributed by atoms with Crippen molar-refractivity contribution in [3.63, 3.8) is 0 Å². The van der Waals surface area contributed by atoms with Gasteiger partial charge in [-0.15, -0.1) is 0 Å². The minimum Gasteiger partial charge on any atom is -0.508 e. The van der Waals surface area contributed by atoms with Crippen molar-refractivity contribution >= 4 is 10.8 Å². The highest BCUT2D eigenvalue weighted by atomic mass is 32.2. The fraction of sp³-hybridized carbons (Fsp3) is 0.143. The van der Waals surface area contributed by atoms with Crippen molar-refractivity contribution in [2.24, 2.45) is 0 Å². The molecule has 0 saturated carbocycles. The summed E-state index contributed by atoms with van der Waals surface area (Å²) >= 11 is 0. The quantitative estimate of drug-likeness (QED) is 0.883. The molecule has 3 heteroatoms. The third-order valence-corrected chi connectivity index (χ3v) is 4.15. The van der Waals surface area contributed by atoms with Crippen LogP contribution in [0.2, 0.25) is 0 Å². The molecule has 0 radical (unpaired) electrons. The number of hydrogen-bond acceptors (Lipinski definition) is 2. The maximum atomic E-state index is 12.3. The van der Waals surface area contributed by atoms with Crippen LogP contribution in [0.1, 0.15) is 11.1 Å². The van der Waals surface area contributed by atoms with E-state index >= 15 is 0 Å². The van der Waals surface area contributed by atoms with Crippen LogP contribution in [0.25, 0.3) is 0 Å². The van der Waals surface area contributed by atoms with Gasteiger partial charge in [0.15, 0.2) is 0 Å². The second-order valence-electron chi connectivity index (χ2n) is 4.03. The van der Waals surface area contributed by atoms with Gasteiger partial charge in [-0.3, -0.25) is 0 Å². The van der Waals surface area contributed by atoms with E-state index in [1.807, 2.05) is 38.1 Å². The molecular formula is C14H14O2S. The van der Waals surface area contributed by atoms with Crippen molar-refractivity contribution in [1.29, 1.82) is 0 Å². The van der Waals surface area contributed by atoms with Crippen LogP contribution < -0.4 is 0 Å². The first kappa shape index (κ1) is 11.9. The molecule has 1 unspecified atom stereocenters. The highest BCUT2D eigenvalue weighted by Gasteiger charge is 2.10. The van der Waals surface area contributed by atoms with Gasteiger partial charge < -0.3 is 5.11 Å². The lowest BCUT2D eigenvalue weighted by Gasteiger charge is -2.06. The molecule has 0 saturated heterocycles. The highest BCUT2D eigenvalue weighted by Crippen LogP contribution is 2.23. The van der Waals surface area contributed by atoms with Gasteiger partial charge in [-0.05, 0) is 49.7 Å². The maximum Gasteiger partial charge on any atom is 0.115 e. The van der Waals surface area contributed by atoms with Crippen molar-refractivity contribution in [3.05, 3.63) is 53.6 Å². The average Bonchev–Trinajstić information content (AvgIpc) is 2.29. The number of hydrogen-bond donors (Lipinski definition) is 1. The Labute approximate surface area is 103 Å². The number of phenols is 1. The van der Waals surface area contributed by atoms with Gasteiger partial charge in [-0.2, -0.15) is 0 Å². The maximum absolute atomic E-state index is 12.3. The van der Waals surface area contributed by atoms with Crippen molar-refractivity contribution in [1.82, 2.24) is 0 Å². The molecule has 0 aliphatic rings. The van der Waals surface area contributed by atoms with Crippen LogP contribution in [-0.2, 0) is 10.8 Å². The zero-order valence-electron chi connectivity index (χ0n) is 9.81. The summed E-state index contributed by atoms with van der Waals surface area (Å²) in [5.74, 6) is 0.201. The van der Waals surface area contributed by atoms with Crippen LogP contribution in [0.5, 0.6) is 5.75 Å². The standard InChI is InChI=1S/C14H14O2S/c1-10-3-6-13(7-4-10)17(16)14-8-5-12(15)9-11(14)2/h3-9,15H,1-2H3. The van der Waals surface area contributed by atoms with Crippen molar-refractivity contribution in [3.8, 4) is 5.75 Å². The fourth-order valence-corrected chi connectivity index (χ4v) is 2.81. The van der Waals surface area contributed by atoms with Gasteiger partial charge in [0.25, 0.3) is 0 Å². The number of phenolic OH excluding ortho intramolecular Hbond substituents is 1. The third kappa shape index (κ3) is 2.56. The first-order chi connectivity index (χ1) is 8.08. The summed E-state index contributed by atoms with van der Waals surface area (Å²) in [6.07, 6.45) is 0. The van der Waals surface area contributed by atoms with Crippen LogP contribution in [-0.4, -0.2) is 9.32 Å². The smallest absolute Gasteiger partial charge is 0.115 e. The van der Waals surface area contributed by atoms with E-state index in [0.717, 1.165) is 20.9 Å². The fourth-order valence-electron chi connectivity index (χ4n) is 1.63. The highest BCUT2D eigenvalue weighted by molar-refractivity contribution is 7.85. The molecule has 0 fully saturated rings. The summed E-state index contributed by atoms with van der Waals surface area (Å²) < 4.78 is 12.3. The van der Waals surface area contributed by atoms with Crippen LogP contribution in [0.15, 0.2) is 52.3 Å². The summed E-state index contributed by atoms with van der Waals surface area (Å²) in [5, 5.41) is 9.33. The van der Waals surface area contributed by atoms with Crippen LogP contribution in [0.4, 0.5) is 0 Å². The van der Waals surface area contributed by atoms with Crippen molar-refractivity contribution in [2.75, 3.05) is 0 Å². The molecule has 0 spiro atoms. The van der Waals surface area contributed by atoms with Crippen LogP contribution >= 0.6 is 0 Å². The molecule has 0 bridgehead atoms. The second kappa shape index (κ2) is 4.72. The molecule has 17 heavy (non-hydrogen) atoms. The van der Waals surface area contributed by atoms with Gasteiger partial charge in [0.1, 0.15) is 5.75 Å². The Balaban J connectivity index is 2.40. The SMILES string of the molecule is Cc1ccc(S(=O)c2ccc(O)cc2C)cc1. The molecule has 2 rings (SSSR count). The molecule has 2 nitrogen and oxygen atoms in total. The van der Waals surface area contributed by atoms with E-state index in [9.17, 15) is 9.32 Å². The molecular weight excluding hydrogens is 232 g/mol. The lowest BCUT2D eigenvalue weighted by molar-refractivity contribution is 0.474. The number of aromatic hydroxyl groups is 1. The molecule has 1 N–H and O–H groups in total. The largest absolute Gasteiger partial charge is 0.508 e. The second-order valence-corrected chi connectivity index (χ2v) is 5.48. The number of rotatable bonds is 2. The number of aryl methyl sites for hydroxylation is 2. The van der Waals surface area contributed by atoms with Gasteiger partial charge in [-0.1, -0.05) is 17.7 Å². The summed E-state index contributed by atoms with van der Waals surface area (Å²) in [7, 11) is -1.19. The van der Waals surface area contributed by atoms with Gasteiger partial charge in [0.2, 0.25) is 0 Å². The molecule has 0 heterocycles. The van der Waals surface area contributed by atoms with E-state index in [0.29, 0.717) is 0 Å². The lowest BCUT2D eigenvalue weighted by Crippen LogP contribution is -1.95. The van der Waals surface area contributed by atoms with Crippen LogP contribution in [0.3, 0.4) is 0 Å². The van der Waals surface area contributed by atoms with Gasteiger partial charge in [0, 0.05) is 9.79 Å². The molecule has 0 aliphatic carbocycles. The van der Waals surface area contributed by atoms with Crippen molar-refractivity contribution < 1.29 is 9.32 Å². The molecule has 0 aromatic heterocycles. The van der Waals surface area contributed by atoms with E-state index < -0.39 is 10.8 Å². The number of benzene rings is 2. The molecule has 1 atom stereocenters. The summed E-state index contributed by atoms with van der Waals surface area (Å²) in [6.45, 7) is 3.85. The predicted molar refractivity (Wildman–Crippen MR) is 68.7 cm³/mol. The molecule has 0 amide bonds. The first-order valence-corrected chi connectivity index (χ1v) is 6.51. The zero-order chi connectivity index (χ0) is 12.4. The summed E-state index contributed by atoms with van der Waals surface area (Å²) in [4.78, 5) is 1.52. The Kier molecular flexibility index (Phi) is 3.29. The minimum atomic E-state index is -1.19. The molecule has 88 valence electrons. The molecule has 2 aromatic rings. The molecule has 0 aliphatic heterocycles. The van der Waals surface area contributed by atoms with Crippen LogP contribution in [0, 0.1) is 13.8 Å². The van der Waals surface area contributed by atoms with E-state index in [2.05, 4.69) is 0 Å². The Bertz CT molecular complexity index is 559. The predicted octanol–water partition coefficient (Wildman–Crippen LogP) is 3.18. The normalized spacial score (nSPS) is 12.4. The Morgan fingerprint density at radius 3 is 2.24 bits per heavy atom. The Morgan fingerprint density at radius 1 is 1.00 bits per heavy atom. The summed E-state index contributed by atoms with van der Waals surface area (Å²) in [6, 6.07) is 12.5. The van der Waals surface area contributed by atoms with Gasteiger partial charge in [-0.25, -0.2) is 4.21 Å². The zero-order valence-corrected chi connectivity index (χ0v) is 10.6. The average molecular weight is 246 g/mol. The van der Waals surface area contributed by atoms with E-state index in [1.54, 1.807) is 18.2 Å². The van der Waals surface area contributed by atoms with Crippen molar-refractivity contribution in [2.45, 2.75) is 23.6 Å². The lowest BCUT2D eigenvalue weighted by atomic mass is 10.2. The monoisotopic (exact) mass is 246 g/mol. The van der Waals surface area contributed by atoms with E-state index in [4.69, 9.17) is 0 Å². The first-order valence-electron chi connectivity index (χ1n) is 5.36. The molecule has 2 aromatic carbocycles. The topological polar surface area (TPSA) is 37.3 Å². The third-order valence-electron chi connectivity index (χ3n) is 2.59. The summed E-state index contributed by atoms with van der Waals surface area (Å²) in [5.41, 5.74) is 1.98. The Morgan fingerprint density at radius 2 is 1.65 bits per heavy atom. The van der Waals surface area contributed by atoms with E-state index in [-0.39, 0.29) is 5.75 Å². The van der Waals surface area contributed by atoms with E-state index in [1.165, 1.54) is 0 Å². The minimum absolute atomic E-state index is 0.201. The van der Waals surface area contributed by atoms with Gasteiger partial charge in [0.05, 0.1) is 10.8 Å². The Hall–Kier alpha value is -1.61. The van der Waals surface area contributed by atoms with Gasteiger partial charge >= 0.3 is 0 Å².